The van der Waals surface area contributed by atoms with Crippen molar-refractivity contribution in [2.75, 3.05) is 47.5 Å². The molecular formula is C50H89NO8P+. The molecule has 10 heteroatoms. The molecule has 0 aliphatic carbocycles. The Morgan fingerprint density at radius 3 is 1.35 bits per heavy atom. The van der Waals surface area contributed by atoms with Gasteiger partial charge in [-0.15, -0.1) is 0 Å². The number of rotatable bonds is 42. The lowest BCUT2D eigenvalue weighted by atomic mass is 10.1. The first-order valence-corrected chi connectivity index (χ1v) is 25.2. The summed E-state index contributed by atoms with van der Waals surface area (Å²) in [7, 11) is 1.44. The second-order valence-electron chi connectivity index (χ2n) is 16.8. The first-order chi connectivity index (χ1) is 29.0. The fourth-order valence-corrected chi connectivity index (χ4v) is 6.71. The highest BCUT2D eigenvalue weighted by atomic mass is 31.2. The van der Waals surface area contributed by atoms with Gasteiger partial charge in [0.15, 0.2) is 6.10 Å². The van der Waals surface area contributed by atoms with Gasteiger partial charge in [-0.2, -0.15) is 0 Å². The van der Waals surface area contributed by atoms with Crippen molar-refractivity contribution in [1.29, 1.82) is 0 Å². The van der Waals surface area contributed by atoms with Gasteiger partial charge in [-0.05, 0) is 89.9 Å². The van der Waals surface area contributed by atoms with E-state index in [9.17, 15) is 19.0 Å². The van der Waals surface area contributed by atoms with E-state index in [1.807, 2.05) is 21.1 Å². The number of hydrogen-bond donors (Lipinski definition) is 1. The van der Waals surface area contributed by atoms with Crippen LogP contribution in [0.4, 0.5) is 0 Å². The molecule has 0 aliphatic rings. The average Bonchev–Trinajstić information content (AvgIpc) is 3.20. The van der Waals surface area contributed by atoms with Gasteiger partial charge in [-0.3, -0.25) is 18.6 Å². The maximum atomic E-state index is 12.7. The molecule has 0 saturated heterocycles. The lowest BCUT2D eigenvalue weighted by Gasteiger charge is -2.24. The van der Waals surface area contributed by atoms with Crippen LogP contribution in [0.2, 0.25) is 0 Å². The normalized spacial score (nSPS) is 14.2. The zero-order valence-electron chi connectivity index (χ0n) is 38.9. The number of ether oxygens (including phenoxy) is 2. The van der Waals surface area contributed by atoms with Gasteiger partial charge in [-0.1, -0.05) is 151 Å². The second-order valence-corrected chi connectivity index (χ2v) is 18.2. The first kappa shape index (κ1) is 57.4. The summed E-state index contributed by atoms with van der Waals surface area (Å²) in [5.41, 5.74) is 0. The average molecular weight is 863 g/mol. The molecule has 0 rings (SSSR count). The third kappa shape index (κ3) is 45.0. The SMILES string of the molecule is CCCCC/C=C/C/C=C/C/C=C/C/C=C/CCCCCC(=O)O[C@H](COC(=O)CCCCCCCCC/C=C/C/C=C/CCCCC)COP(=O)(O)OCC[N+](C)(C)C. The van der Waals surface area contributed by atoms with Gasteiger partial charge in [0.1, 0.15) is 19.8 Å². The number of quaternary nitrogens is 1. The van der Waals surface area contributed by atoms with Crippen molar-refractivity contribution in [2.24, 2.45) is 0 Å². The molecule has 0 heterocycles. The van der Waals surface area contributed by atoms with Crippen LogP contribution in [0.3, 0.4) is 0 Å². The van der Waals surface area contributed by atoms with E-state index < -0.39 is 26.5 Å². The third-order valence-corrected chi connectivity index (χ3v) is 10.7. The van der Waals surface area contributed by atoms with Gasteiger partial charge in [0.2, 0.25) is 0 Å². The topological polar surface area (TPSA) is 108 Å². The number of esters is 2. The summed E-state index contributed by atoms with van der Waals surface area (Å²) in [6, 6.07) is 0. The van der Waals surface area contributed by atoms with E-state index in [0.717, 1.165) is 77.0 Å². The summed E-state index contributed by atoms with van der Waals surface area (Å²) in [4.78, 5) is 35.4. The minimum absolute atomic E-state index is 0.0203. The van der Waals surface area contributed by atoms with Crippen LogP contribution < -0.4 is 0 Å². The lowest BCUT2D eigenvalue weighted by Crippen LogP contribution is -2.37. The van der Waals surface area contributed by atoms with Crippen LogP contribution in [0, 0.1) is 0 Å². The summed E-state index contributed by atoms with van der Waals surface area (Å²) in [5.74, 6) is -0.848. The monoisotopic (exact) mass is 863 g/mol. The maximum absolute atomic E-state index is 12.7. The minimum atomic E-state index is -4.39. The van der Waals surface area contributed by atoms with Crippen molar-refractivity contribution in [2.45, 2.75) is 187 Å². The molecule has 0 aromatic heterocycles. The van der Waals surface area contributed by atoms with Crippen molar-refractivity contribution in [1.82, 2.24) is 0 Å². The number of hydrogen-bond acceptors (Lipinski definition) is 7. The highest BCUT2D eigenvalue weighted by molar-refractivity contribution is 7.47. The molecule has 0 saturated carbocycles. The molecule has 0 bridgehead atoms. The summed E-state index contributed by atoms with van der Waals surface area (Å²) < 4.78 is 34.3. The molecule has 9 nitrogen and oxygen atoms in total. The second kappa shape index (κ2) is 41.8. The maximum Gasteiger partial charge on any atom is 0.472 e. The molecule has 2 atom stereocenters. The lowest BCUT2D eigenvalue weighted by molar-refractivity contribution is -0.870. The number of phosphoric ester groups is 1. The first-order valence-electron chi connectivity index (χ1n) is 23.7. The zero-order valence-corrected chi connectivity index (χ0v) is 39.8. The fraction of sp³-hybridized carbons (Fsp3) is 0.720. The molecule has 0 aliphatic heterocycles. The van der Waals surface area contributed by atoms with Crippen molar-refractivity contribution in [3.63, 3.8) is 0 Å². The van der Waals surface area contributed by atoms with Gasteiger partial charge < -0.3 is 18.9 Å². The molecule has 0 radical (unpaired) electrons. The molecule has 0 aromatic carbocycles. The highest BCUT2D eigenvalue weighted by Crippen LogP contribution is 2.43. The fourth-order valence-electron chi connectivity index (χ4n) is 5.97. The molecule has 346 valence electrons. The Kier molecular flexibility index (Phi) is 40.0. The van der Waals surface area contributed by atoms with Crippen LogP contribution in [0.15, 0.2) is 72.9 Å². The number of phosphoric acid groups is 1. The molecule has 0 amide bonds. The Balaban J connectivity index is 4.41. The summed E-state index contributed by atoms with van der Waals surface area (Å²) >= 11 is 0. The third-order valence-electron chi connectivity index (χ3n) is 9.71. The molecule has 0 fully saturated rings. The quantitative estimate of drug-likeness (QED) is 0.0212. The summed E-state index contributed by atoms with van der Waals surface area (Å²) in [5, 5.41) is 0. The molecule has 0 aromatic rings. The van der Waals surface area contributed by atoms with Gasteiger partial charge in [-0.25, -0.2) is 4.57 Å². The van der Waals surface area contributed by atoms with E-state index in [0.29, 0.717) is 17.4 Å². The predicted octanol–water partition coefficient (Wildman–Crippen LogP) is 13.8. The van der Waals surface area contributed by atoms with Crippen LogP contribution in [-0.4, -0.2) is 74.9 Å². The Hall–Kier alpha value is -2.55. The van der Waals surface area contributed by atoms with Crippen LogP contribution in [-0.2, 0) is 32.7 Å². The molecular weight excluding hydrogens is 774 g/mol. The van der Waals surface area contributed by atoms with Gasteiger partial charge in [0, 0.05) is 12.8 Å². The summed E-state index contributed by atoms with van der Waals surface area (Å²) in [6.07, 6.45) is 52.3. The molecule has 1 unspecified atom stereocenters. The van der Waals surface area contributed by atoms with Crippen LogP contribution in [0.25, 0.3) is 0 Å². The van der Waals surface area contributed by atoms with E-state index in [-0.39, 0.29) is 32.0 Å². The van der Waals surface area contributed by atoms with Crippen molar-refractivity contribution in [3.8, 4) is 0 Å². The molecule has 1 N–H and O–H groups in total. The van der Waals surface area contributed by atoms with Gasteiger partial charge in [0.05, 0.1) is 27.7 Å². The Bertz CT molecular complexity index is 1250. The van der Waals surface area contributed by atoms with E-state index in [2.05, 4.69) is 86.8 Å². The van der Waals surface area contributed by atoms with Crippen LogP contribution in [0.5, 0.6) is 0 Å². The van der Waals surface area contributed by atoms with Crippen molar-refractivity contribution < 1.29 is 42.1 Å². The van der Waals surface area contributed by atoms with Crippen LogP contribution in [0.1, 0.15) is 181 Å². The summed E-state index contributed by atoms with van der Waals surface area (Å²) in [6.45, 7) is 4.31. The number of allylic oxidation sites excluding steroid dienone is 12. The largest absolute Gasteiger partial charge is 0.472 e. The molecule has 0 spiro atoms. The highest BCUT2D eigenvalue weighted by Gasteiger charge is 2.27. The number of unbranched alkanes of at least 4 members (excludes halogenated alkanes) is 16. The number of nitrogens with zero attached hydrogens (tertiary/aromatic N) is 1. The predicted molar refractivity (Wildman–Crippen MR) is 252 cm³/mol. The number of carbonyl (C=O) groups excluding carboxylic acids is 2. The van der Waals surface area contributed by atoms with Crippen molar-refractivity contribution in [3.05, 3.63) is 72.9 Å². The minimum Gasteiger partial charge on any atom is -0.462 e. The van der Waals surface area contributed by atoms with Crippen molar-refractivity contribution >= 4 is 19.8 Å². The smallest absolute Gasteiger partial charge is 0.462 e. The van der Waals surface area contributed by atoms with E-state index in [4.69, 9.17) is 18.5 Å². The Morgan fingerprint density at radius 1 is 0.517 bits per heavy atom. The van der Waals surface area contributed by atoms with Gasteiger partial charge in [0.25, 0.3) is 0 Å². The van der Waals surface area contributed by atoms with Gasteiger partial charge >= 0.3 is 19.8 Å². The number of likely N-dealkylation sites (N-methyl/N-ethyl adjacent to an activating group) is 1. The van der Waals surface area contributed by atoms with Crippen LogP contribution >= 0.6 is 7.82 Å². The zero-order chi connectivity index (χ0) is 44.3. The Labute approximate surface area is 368 Å². The molecule has 60 heavy (non-hydrogen) atoms. The van der Waals surface area contributed by atoms with E-state index in [1.165, 1.54) is 70.6 Å². The standard InChI is InChI=1S/C50H88NO8P/c1-6-8-10-12-14-16-18-20-22-24-25-27-29-31-33-35-37-39-41-43-50(53)59-48(47-58-60(54,55)57-45-44-51(3,4)5)46-56-49(52)42-40-38-36-34-32-30-28-26-23-21-19-17-15-13-11-9-7-2/h14-17,20-23,25,27,31,33,48H,6-13,18-19,24,26,28-30,32,34-47H2,1-5H3/p+1/b16-14+,17-15+,22-20+,23-21+,27-25+,33-31+/t48-/m1/s1. The van der Waals surface area contributed by atoms with E-state index >= 15 is 0 Å². The Morgan fingerprint density at radius 2 is 0.900 bits per heavy atom. The van der Waals surface area contributed by atoms with E-state index in [1.54, 1.807) is 0 Å². The number of carbonyl (C=O) groups is 2.